The number of hydrogen-bond donors (Lipinski definition) is 0. The van der Waals surface area contributed by atoms with Gasteiger partial charge in [0, 0.05) is 27.4 Å². The summed E-state index contributed by atoms with van der Waals surface area (Å²) in [5.74, 6) is 0. The molecule has 0 aromatic rings. The second kappa shape index (κ2) is 19.4. The quantitative estimate of drug-likeness (QED) is 0.237. The van der Waals surface area contributed by atoms with Crippen LogP contribution in [0.2, 0.25) is 6.04 Å². The molecular weight excluding hydrogens is 320 g/mol. The molecule has 0 spiro atoms. The predicted molar refractivity (Wildman–Crippen MR) is 106 cm³/mol. The molecule has 0 fully saturated rings. The molecule has 24 heavy (non-hydrogen) atoms. The summed E-state index contributed by atoms with van der Waals surface area (Å²) in [5.41, 5.74) is 0. The maximum atomic E-state index is 5.44. The fourth-order valence-corrected chi connectivity index (χ4v) is 4.89. The van der Waals surface area contributed by atoms with E-state index in [-0.39, 0.29) is 5.48 Å². The van der Waals surface area contributed by atoms with Gasteiger partial charge in [-0.25, -0.2) is 0 Å². The van der Waals surface area contributed by atoms with Crippen LogP contribution in [0.25, 0.3) is 0 Å². The van der Waals surface area contributed by atoms with Crippen molar-refractivity contribution < 1.29 is 18.8 Å². The Morgan fingerprint density at radius 3 is 1.08 bits per heavy atom. The largest absolute Gasteiger partial charge is 0.500 e. The van der Waals surface area contributed by atoms with Crippen LogP contribution in [0.3, 0.4) is 0 Å². The molecular formula is C19H44O4Si. The minimum atomic E-state index is -2.32. The van der Waals surface area contributed by atoms with Gasteiger partial charge < -0.3 is 18.8 Å². The van der Waals surface area contributed by atoms with Gasteiger partial charge in [-0.3, -0.25) is 0 Å². The molecule has 0 aromatic carbocycles. The van der Waals surface area contributed by atoms with E-state index in [0.717, 1.165) is 12.5 Å². The van der Waals surface area contributed by atoms with Crippen molar-refractivity contribution in [3.05, 3.63) is 0 Å². The van der Waals surface area contributed by atoms with E-state index in [1.807, 2.05) is 0 Å². The zero-order valence-corrected chi connectivity index (χ0v) is 17.8. The van der Waals surface area contributed by atoms with E-state index in [0.29, 0.717) is 0 Å². The van der Waals surface area contributed by atoms with Crippen LogP contribution >= 0.6 is 0 Å². The van der Waals surface area contributed by atoms with Gasteiger partial charge in [-0.2, -0.15) is 0 Å². The van der Waals surface area contributed by atoms with E-state index in [2.05, 4.69) is 6.92 Å². The Balaban J connectivity index is 0. The lowest BCUT2D eigenvalue weighted by Gasteiger charge is -2.24. The standard InChI is InChI=1S/C19H42O3Si.H2O/c1-5-6-7-8-9-10-11-12-13-14-15-16-17-18-19-23(20-2,21-3)22-4;/h5-19H2,1-4H3;1H2. The van der Waals surface area contributed by atoms with Crippen molar-refractivity contribution >= 4 is 8.80 Å². The molecule has 4 nitrogen and oxygen atoms in total. The summed E-state index contributed by atoms with van der Waals surface area (Å²) < 4.78 is 16.3. The molecule has 0 amide bonds. The zero-order valence-electron chi connectivity index (χ0n) is 16.8. The highest BCUT2D eigenvalue weighted by atomic mass is 28.4. The van der Waals surface area contributed by atoms with Crippen molar-refractivity contribution in [2.45, 2.75) is 103 Å². The van der Waals surface area contributed by atoms with Gasteiger partial charge in [0.1, 0.15) is 0 Å². The number of hydrogen-bond acceptors (Lipinski definition) is 3. The first kappa shape index (κ1) is 26.3. The van der Waals surface area contributed by atoms with Crippen LogP contribution in [0.4, 0.5) is 0 Å². The highest BCUT2D eigenvalue weighted by Crippen LogP contribution is 2.18. The van der Waals surface area contributed by atoms with Gasteiger partial charge >= 0.3 is 8.80 Å². The summed E-state index contributed by atoms with van der Waals surface area (Å²) in [7, 11) is 2.77. The molecule has 0 unspecified atom stereocenters. The summed E-state index contributed by atoms with van der Waals surface area (Å²) in [6.45, 7) is 2.28. The van der Waals surface area contributed by atoms with Gasteiger partial charge in [0.25, 0.3) is 0 Å². The third-order valence-corrected chi connectivity index (χ3v) is 7.60. The second-order valence-corrected chi connectivity index (χ2v) is 9.73. The van der Waals surface area contributed by atoms with Gasteiger partial charge in [-0.1, -0.05) is 90.4 Å². The lowest BCUT2D eigenvalue weighted by Crippen LogP contribution is -2.42. The van der Waals surface area contributed by atoms with Gasteiger partial charge in [0.2, 0.25) is 0 Å². The first-order chi connectivity index (χ1) is 11.2. The van der Waals surface area contributed by atoms with E-state index in [1.54, 1.807) is 21.3 Å². The molecule has 0 aliphatic rings. The third-order valence-electron chi connectivity index (χ3n) is 4.77. The Hall–Kier alpha value is 0.0569. The summed E-state index contributed by atoms with van der Waals surface area (Å²) in [6.07, 6.45) is 19.4. The van der Waals surface area contributed by atoms with Crippen LogP contribution < -0.4 is 0 Å². The molecule has 0 aromatic heterocycles. The normalized spacial score (nSPS) is 11.5. The van der Waals surface area contributed by atoms with Crippen molar-refractivity contribution in [1.82, 2.24) is 0 Å². The van der Waals surface area contributed by atoms with Crippen LogP contribution in [0.5, 0.6) is 0 Å². The monoisotopic (exact) mass is 364 g/mol. The van der Waals surface area contributed by atoms with Gasteiger partial charge in [-0.05, 0) is 6.42 Å². The number of unbranched alkanes of at least 4 members (excludes halogenated alkanes) is 13. The van der Waals surface area contributed by atoms with E-state index in [9.17, 15) is 0 Å². The van der Waals surface area contributed by atoms with Gasteiger partial charge in [-0.15, -0.1) is 0 Å². The van der Waals surface area contributed by atoms with E-state index < -0.39 is 8.80 Å². The van der Waals surface area contributed by atoms with Crippen LogP contribution in [0.1, 0.15) is 96.8 Å². The smallest absolute Gasteiger partial charge is 0.412 e. The molecule has 0 saturated carbocycles. The van der Waals surface area contributed by atoms with Crippen LogP contribution in [0, 0.1) is 0 Å². The second-order valence-electron chi connectivity index (χ2n) is 6.64. The SMILES string of the molecule is CCCCCCCCCCCCCCCC[Si](OC)(OC)OC.O. The fourth-order valence-electron chi connectivity index (χ4n) is 3.09. The molecule has 148 valence electrons. The third kappa shape index (κ3) is 14.4. The lowest BCUT2D eigenvalue weighted by atomic mass is 10.0. The Bertz CT molecular complexity index is 227. The minimum Gasteiger partial charge on any atom is -0.412 e. The summed E-state index contributed by atoms with van der Waals surface area (Å²) >= 11 is 0. The fraction of sp³-hybridized carbons (Fsp3) is 1.00. The Morgan fingerprint density at radius 1 is 0.500 bits per heavy atom. The average molecular weight is 365 g/mol. The van der Waals surface area contributed by atoms with Crippen LogP contribution in [-0.2, 0) is 13.3 Å². The first-order valence-electron chi connectivity index (χ1n) is 9.90. The molecule has 0 aliphatic heterocycles. The molecule has 2 N–H and O–H groups in total. The van der Waals surface area contributed by atoms with Crippen molar-refractivity contribution in [3.63, 3.8) is 0 Å². The van der Waals surface area contributed by atoms with Crippen molar-refractivity contribution in [1.29, 1.82) is 0 Å². The number of rotatable bonds is 18. The van der Waals surface area contributed by atoms with Crippen LogP contribution in [-0.4, -0.2) is 35.6 Å². The molecule has 0 heterocycles. The first-order valence-corrected chi connectivity index (χ1v) is 11.8. The predicted octanol–water partition coefficient (Wildman–Crippen LogP) is 5.52. The van der Waals surface area contributed by atoms with E-state index in [1.165, 1.54) is 83.5 Å². The van der Waals surface area contributed by atoms with Gasteiger partial charge in [0.15, 0.2) is 0 Å². The Labute approximate surface area is 152 Å². The molecule has 0 bridgehead atoms. The minimum absolute atomic E-state index is 0. The molecule has 0 saturated heterocycles. The zero-order chi connectivity index (χ0) is 17.2. The maximum absolute atomic E-state index is 5.44. The Kier molecular flexibility index (Phi) is 21.2. The molecule has 5 heteroatoms. The highest BCUT2D eigenvalue weighted by molar-refractivity contribution is 6.60. The average Bonchev–Trinajstić information content (AvgIpc) is 2.59. The van der Waals surface area contributed by atoms with Crippen molar-refractivity contribution in [3.8, 4) is 0 Å². The van der Waals surface area contributed by atoms with Gasteiger partial charge in [0.05, 0.1) is 0 Å². The molecule has 0 atom stereocenters. The lowest BCUT2D eigenvalue weighted by molar-refractivity contribution is 0.122. The Morgan fingerprint density at radius 2 is 0.792 bits per heavy atom. The molecule has 0 radical (unpaired) electrons. The van der Waals surface area contributed by atoms with Crippen molar-refractivity contribution in [2.75, 3.05) is 21.3 Å². The summed E-state index contributed by atoms with van der Waals surface area (Å²) in [5, 5.41) is 0. The van der Waals surface area contributed by atoms with E-state index >= 15 is 0 Å². The molecule has 0 rings (SSSR count). The summed E-state index contributed by atoms with van der Waals surface area (Å²) in [6, 6.07) is 0.939. The highest BCUT2D eigenvalue weighted by Gasteiger charge is 2.36. The molecule has 0 aliphatic carbocycles. The maximum Gasteiger partial charge on any atom is 0.500 e. The van der Waals surface area contributed by atoms with Crippen molar-refractivity contribution in [2.24, 2.45) is 0 Å². The topological polar surface area (TPSA) is 59.2 Å². The summed E-state index contributed by atoms with van der Waals surface area (Å²) in [4.78, 5) is 0. The van der Waals surface area contributed by atoms with Crippen LogP contribution in [0.15, 0.2) is 0 Å². The van der Waals surface area contributed by atoms with E-state index in [4.69, 9.17) is 13.3 Å².